The van der Waals surface area contributed by atoms with Crippen LogP contribution in [0.2, 0.25) is 0 Å². The molecule has 0 bridgehead atoms. The van der Waals surface area contributed by atoms with E-state index in [9.17, 15) is 4.79 Å². The minimum Gasteiger partial charge on any atom is -0.378 e. The molecule has 0 amide bonds. The molecule has 21 heavy (non-hydrogen) atoms. The first-order chi connectivity index (χ1) is 10.3. The summed E-state index contributed by atoms with van der Waals surface area (Å²) in [5.74, 6) is 1.28. The van der Waals surface area contributed by atoms with Crippen molar-refractivity contribution in [1.29, 1.82) is 0 Å². The van der Waals surface area contributed by atoms with Crippen LogP contribution in [0.25, 0.3) is 0 Å². The lowest BCUT2D eigenvalue weighted by molar-refractivity contribution is -0.125. The van der Waals surface area contributed by atoms with E-state index in [0.29, 0.717) is 17.8 Å². The maximum absolute atomic E-state index is 11.5. The molecule has 0 heterocycles. The van der Waals surface area contributed by atoms with Crippen LogP contribution in [0.1, 0.15) is 74.8 Å². The van der Waals surface area contributed by atoms with Crippen molar-refractivity contribution in [3.63, 3.8) is 0 Å². The molecule has 2 heteroatoms. The van der Waals surface area contributed by atoms with Gasteiger partial charge in [0.05, 0.1) is 6.10 Å². The third-order valence-corrected chi connectivity index (χ3v) is 5.11. The summed E-state index contributed by atoms with van der Waals surface area (Å²) in [6.45, 7) is 3.07. The second-order valence-electron chi connectivity index (χ2n) is 6.57. The van der Waals surface area contributed by atoms with Crippen molar-refractivity contribution in [1.82, 2.24) is 0 Å². The predicted octanol–water partition coefficient (Wildman–Crippen LogP) is 4.59. The Balaban J connectivity index is 1.54. The first-order valence-electron chi connectivity index (χ1n) is 8.52. The molecule has 2 saturated carbocycles. The molecular weight excluding hydrogens is 260 g/mol. The summed E-state index contributed by atoms with van der Waals surface area (Å²) in [5.41, 5.74) is 2.66. The Morgan fingerprint density at radius 2 is 1.67 bits per heavy atom. The van der Waals surface area contributed by atoms with E-state index < -0.39 is 0 Å². The van der Waals surface area contributed by atoms with E-state index in [1.807, 2.05) is 0 Å². The Labute approximate surface area is 127 Å². The minimum atomic E-state index is 0.192. The van der Waals surface area contributed by atoms with Gasteiger partial charge < -0.3 is 4.74 Å². The Morgan fingerprint density at radius 3 is 2.19 bits per heavy atom. The standard InChI is InChI=1S/C19H26O2/c1-2-13-21-17-9-7-15(8-10-17)14-3-5-16(6-4-14)18-11-12-19(18)20/h3-6,15,17-18H,2,7-13H2,1H3. The summed E-state index contributed by atoms with van der Waals surface area (Å²) in [6, 6.07) is 8.85. The summed E-state index contributed by atoms with van der Waals surface area (Å²) < 4.78 is 5.86. The molecule has 1 aromatic carbocycles. The molecule has 0 aromatic heterocycles. The zero-order valence-electron chi connectivity index (χ0n) is 13.0. The number of ether oxygens (including phenoxy) is 1. The zero-order valence-corrected chi connectivity index (χ0v) is 13.0. The van der Waals surface area contributed by atoms with Crippen LogP contribution in [-0.2, 0) is 9.53 Å². The fraction of sp³-hybridized carbons (Fsp3) is 0.632. The molecule has 0 radical (unpaired) electrons. The highest BCUT2D eigenvalue weighted by molar-refractivity contribution is 5.91. The lowest BCUT2D eigenvalue weighted by Crippen LogP contribution is -2.23. The van der Waals surface area contributed by atoms with Gasteiger partial charge in [0, 0.05) is 18.9 Å². The lowest BCUT2D eigenvalue weighted by atomic mass is 9.77. The molecule has 0 spiro atoms. The Kier molecular flexibility index (Phi) is 4.74. The van der Waals surface area contributed by atoms with Crippen LogP contribution in [0.15, 0.2) is 24.3 Å². The first kappa shape index (κ1) is 14.8. The van der Waals surface area contributed by atoms with Crippen molar-refractivity contribution in [2.75, 3.05) is 6.61 Å². The number of carbonyl (C=O) groups excluding carboxylic acids is 1. The van der Waals surface area contributed by atoms with Gasteiger partial charge in [0.2, 0.25) is 0 Å². The molecule has 1 unspecified atom stereocenters. The molecule has 0 N–H and O–H groups in total. The first-order valence-corrected chi connectivity index (χ1v) is 8.52. The summed E-state index contributed by atoms with van der Waals surface area (Å²) in [6.07, 6.45) is 8.24. The number of hydrogen-bond donors (Lipinski definition) is 0. The molecular formula is C19H26O2. The van der Waals surface area contributed by atoms with Crippen LogP contribution in [0.4, 0.5) is 0 Å². The number of ketones is 1. The van der Waals surface area contributed by atoms with E-state index in [0.717, 1.165) is 25.9 Å². The van der Waals surface area contributed by atoms with Gasteiger partial charge in [-0.3, -0.25) is 4.79 Å². The second kappa shape index (κ2) is 6.74. The molecule has 114 valence electrons. The van der Waals surface area contributed by atoms with Crippen molar-refractivity contribution in [3.05, 3.63) is 35.4 Å². The van der Waals surface area contributed by atoms with Crippen LogP contribution in [0.3, 0.4) is 0 Å². The van der Waals surface area contributed by atoms with Crippen LogP contribution in [0.5, 0.6) is 0 Å². The van der Waals surface area contributed by atoms with Crippen LogP contribution in [-0.4, -0.2) is 18.5 Å². The van der Waals surface area contributed by atoms with Gasteiger partial charge in [0.1, 0.15) is 5.78 Å². The predicted molar refractivity (Wildman–Crippen MR) is 84.7 cm³/mol. The van der Waals surface area contributed by atoms with E-state index in [1.165, 1.54) is 36.8 Å². The van der Waals surface area contributed by atoms with Crippen molar-refractivity contribution < 1.29 is 9.53 Å². The van der Waals surface area contributed by atoms with Crippen LogP contribution < -0.4 is 0 Å². The Morgan fingerprint density at radius 1 is 1.00 bits per heavy atom. The van der Waals surface area contributed by atoms with E-state index in [1.54, 1.807) is 0 Å². The average Bonchev–Trinajstić information content (AvgIpc) is 2.53. The maximum atomic E-state index is 11.5. The van der Waals surface area contributed by atoms with Gasteiger partial charge >= 0.3 is 0 Å². The average molecular weight is 286 g/mol. The van der Waals surface area contributed by atoms with Gasteiger partial charge in [-0.1, -0.05) is 31.2 Å². The third-order valence-electron chi connectivity index (χ3n) is 5.11. The normalized spacial score (nSPS) is 29.2. The second-order valence-corrected chi connectivity index (χ2v) is 6.57. The number of carbonyl (C=O) groups is 1. The van der Waals surface area contributed by atoms with Gasteiger partial charge in [-0.25, -0.2) is 0 Å². The summed E-state index contributed by atoms with van der Waals surface area (Å²) in [5, 5.41) is 0. The summed E-state index contributed by atoms with van der Waals surface area (Å²) >= 11 is 0. The number of Topliss-reactive ketones (excluding diaryl/α,β-unsaturated/α-hetero) is 1. The fourth-order valence-electron chi connectivity index (χ4n) is 3.61. The minimum absolute atomic E-state index is 0.192. The Bertz CT molecular complexity index is 469. The summed E-state index contributed by atoms with van der Waals surface area (Å²) in [7, 11) is 0. The van der Waals surface area contributed by atoms with Gasteiger partial charge in [-0.05, 0) is 55.6 Å². The number of rotatable bonds is 5. The highest BCUT2D eigenvalue weighted by Crippen LogP contribution is 2.37. The van der Waals surface area contributed by atoms with Gasteiger partial charge in [0.25, 0.3) is 0 Å². The Hall–Kier alpha value is -1.15. The molecule has 2 aliphatic rings. The molecule has 3 rings (SSSR count). The summed E-state index contributed by atoms with van der Waals surface area (Å²) in [4.78, 5) is 11.5. The van der Waals surface area contributed by atoms with Crippen molar-refractivity contribution in [2.24, 2.45) is 0 Å². The molecule has 1 atom stereocenters. The van der Waals surface area contributed by atoms with Gasteiger partial charge in [0.15, 0.2) is 0 Å². The molecule has 2 fully saturated rings. The van der Waals surface area contributed by atoms with Crippen molar-refractivity contribution in [2.45, 2.75) is 69.8 Å². The molecule has 1 aromatic rings. The molecule has 2 nitrogen and oxygen atoms in total. The van der Waals surface area contributed by atoms with E-state index in [-0.39, 0.29) is 5.92 Å². The largest absolute Gasteiger partial charge is 0.378 e. The van der Waals surface area contributed by atoms with Gasteiger partial charge in [-0.15, -0.1) is 0 Å². The number of hydrogen-bond acceptors (Lipinski definition) is 2. The van der Waals surface area contributed by atoms with Crippen LogP contribution >= 0.6 is 0 Å². The van der Waals surface area contributed by atoms with Crippen LogP contribution in [0, 0.1) is 0 Å². The van der Waals surface area contributed by atoms with Crippen molar-refractivity contribution in [3.8, 4) is 0 Å². The topological polar surface area (TPSA) is 26.3 Å². The number of benzene rings is 1. The highest BCUT2D eigenvalue weighted by Gasteiger charge is 2.29. The smallest absolute Gasteiger partial charge is 0.140 e. The maximum Gasteiger partial charge on any atom is 0.140 e. The molecule has 2 aliphatic carbocycles. The molecule has 0 aliphatic heterocycles. The highest BCUT2D eigenvalue weighted by atomic mass is 16.5. The van der Waals surface area contributed by atoms with E-state index in [2.05, 4.69) is 31.2 Å². The zero-order chi connectivity index (χ0) is 14.7. The van der Waals surface area contributed by atoms with E-state index >= 15 is 0 Å². The third kappa shape index (κ3) is 3.37. The monoisotopic (exact) mass is 286 g/mol. The lowest BCUT2D eigenvalue weighted by Gasteiger charge is -2.29. The van der Waals surface area contributed by atoms with E-state index in [4.69, 9.17) is 4.74 Å². The fourth-order valence-corrected chi connectivity index (χ4v) is 3.61. The quantitative estimate of drug-likeness (QED) is 0.791. The SMILES string of the molecule is CCCOC1CCC(c2ccc(C3CCC3=O)cc2)CC1. The van der Waals surface area contributed by atoms with Crippen molar-refractivity contribution >= 4 is 5.78 Å². The van der Waals surface area contributed by atoms with Gasteiger partial charge in [-0.2, -0.15) is 0 Å². The molecule has 0 saturated heterocycles.